The van der Waals surface area contributed by atoms with E-state index in [1.165, 1.54) is 29.9 Å². The Morgan fingerprint density at radius 1 is 1.21 bits per heavy atom. The number of likely N-dealkylation sites (tertiary alicyclic amines) is 1. The number of carboxylic acid groups (broad SMARTS) is 1. The first-order chi connectivity index (χ1) is 19.8. The molecule has 3 aromatic rings. The second-order valence-electron chi connectivity index (χ2n) is 9.23. The Morgan fingerprint density at radius 2 is 1.86 bits per heavy atom. The number of nitrogens with zero attached hydrogens (tertiary/aromatic N) is 4. The minimum atomic E-state index is -5.08. The topological polar surface area (TPSA) is 116 Å². The van der Waals surface area contributed by atoms with Crippen LogP contribution in [0.5, 0.6) is 0 Å². The first-order valence-corrected chi connectivity index (χ1v) is 14.4. The molecule has 1 aromatic carbocycles. The van der Waals surface area contributed by atoms with Crippen molar-refractivity contribution in [2.24, 2.45) is 0 Å². The van der Waals surface area contributed by atoms with Crippen molar-refractivity contribution >= 4 is 38.8 Å². The molecule has 0 spiro atoms. The Bertz CT molecular complexity index is 1550. The Morgan fingerprint density at radius 3 is 2.42 bits per heavy atom. The van der Waals surface area contributed by atoms with Crippen LogP contribution in [0.25, 0.3) is 0 Å². The van der Waals surface area contributed by atoms with Crippen molar-refractivity contribution in [1.29, 1.82) is 0 Å². The number of alkyl halides is 6. The Balaban J connectivity index is 0.000000646. The van der Waals surface area contributed by atoms with Crippen molar-refractivity contribution in [3.63, 3.8) is 0 Å². The number of thiazole rings is 1. The average Bonchev–Trinajstić information content (AvgIpc) is 3.57. The van der Waals surface area contributed by atoms with Crippen LogP contribution in [0.2, 0.25) is 0 Å². The number of likely N-dealkylation sites (N-methyl/N-ethyl adjacent to an activating group) is 1. The first kappa shape index (κ1) is 33.9. The molecule has 4 rings (SSSR count). The number of sulfonamides is 1. The van der Waals surface area contributed by atoms with Crippen molar-refractivity contribution in [1.82, 2.24) is 14.9 Å². The van der Waals surface area contributed by atoms with E-state index >= 15 is 4.39 Å². The van der Waals surface area contributed by atoms with E-state index in [0.717, 1.165) is 23.5 Å². The van der Waals surface area contributed by atoms with Crippen LogP contribution in [0.4, 0.5) is 46.6 Å². The Kier molecular flexibility index (Phi) is 10.2. The number of hydrogen-bond donors (Lipinski definition) is 2. The summed E-state index contributed by atoms with van der Waals surface area (Å²) in [5, 5.41) is 8.52. The third-order valence-electron chi connectivity index (χ3n) is 6.23. The lowest BCUT2D eigenvalue weighted by molar-refractivity contribution is -0.192. The van der Waals surface area contributed by atoms with Gasteiger partial charge in [-0.15, -0.1) is 11.3 Å². The number of hydrogen-bond acceptors (Lipinski definition) is 8. The predicted molar refractivity (Wildman–Crippen MR) is 139 cm³/mol. The second kappa shape index (κ2) is 13.0. The van der Waals surface area contributed by atoms with Crippen LogP contribution in [0.15, 0.2) is 40.1 Å². The zero-order valence-electron chi connectivity index (χ0n) is 22.2. The normalized spacial score (nSPS) is 16.0. The lowest BCUT2D eigenvalue weighted by Crippen LogP contribution is -2.35. The number of rotatable bonds is 7. The van der Waals surface area contributed by atoms with E-state index in [4.69, 9.17) is 9.90 Å². The van der Waals surface area contributed by atoms with Gasteiger partial charge in [0.25, 0.3) is 10.0 Å². The molecule has 1 saturated heterocycles. The van der Waals surface area contributed by atoms with Crippen molar-refractivity contribution < 1.29 is 53.4 Å². The standard InChI is InChI=1S/C22H22F5N5O2S2.C2HF3O2/c1-13-17(8-16(23)21(20(13)24)36(33,34)30-19-11-35-12-28-19)31(2)15-6-7-32(10-15)9-14-4-3-5-18(29-14)22(25,26)27;3-2(4,5)1(6)7/h3-5,8,11-12,15,30H,6-7,9-10H2,1-2H3;(H,6,7). The summed E-state index contributed by atoms with van der Waals surface area (Å²) in [4.78, 5) is 18.8. The first-order valence-electron chi connectivity index (χ1n) is 12.0. The molecule has 2 aromatic heterocycles. The van der Waals surface area contributed by atoms with Gasteiger partial charge in [0.2, 0.25) is 0 Å². The summed E-state index contributed by atoms with van der Waals surface area (Å²) >= 11 is 1.12. The van der Waals surface area contributed by atoms with E-state index in [-0.39, 0.29) is 35.3 Å². The number of aromatic nitrogens is 2. The van der Waals surface area contributed by atoms with Crippen LogP contribution in [-0.2, 0) is 27.5 Å². The molecule has 0 bridgehead atoms. The van der Waals surface area contributed by atoms with E-state index in [1.807, 2.05) is 4.90 Å². The molecule has 236 valence electrons. The minimum Gasteiger partial charge on any atom is -0.475 e. The number of pyridine rings is 1. The molecule has 0 aliphatic carbocycles. The largest absolute Gasteiger partial charge is 0.490 e. The second-order valence-corrected chi connectivity index (χ2v) is 11.6. The van der Waals surface area contributed by atoms with Crippen LogP contribution in [0.3, 0.4) is 0 Å². The van der Waals surface area contributed by atoms with Crippen molar-refractivity contribution in [2.75, 3.05) is 29.8 Å². The summed E-state index contributed by atoms with van der Waals surface area (Å²) in [6.45, 7) is 2.51. The molecule has 1 aliphatic heterocycles. The van der Waals surface area contributed by atoms with Gasteiger partial charge >= 0.3 is 18.3 Å². The molecular formula is C24H23F8N5O4S2. The number of nitrogens with one attached hydrogen (secondary N) is 1. The van der Waals surface area contributed by atoms with Crippen molar-refractivity contribution in [3.05, 3.63) is 63.7 Å². The minimum absolute atomic E-state index is 0.0426. The molecule has 1 fully saturated rings. The summed E-state index contributed by atoms with van der Waals surface area (Å²) in [5.74, 6) is -5.25. The van der Waals surface area contributed by atoms with Crippen LogP contribution in [-0.4, -0.2) is 66.7 Å². The highest BCUT2D eigenvalue weighted by Gasteiger charge is 2.38. The number of benzene rings is 1. The fraction of sp³-hybridized carbons (Fsp3) is 0.375. The fourth-order valence-electron chi connectivity index (χ4n) is 4.17. The van der Waals surface area contributed by atoms with Gasteiger partial charge in [0.1, 0.15) is 11.5 Å². The maximum Gasteiger partial charge on any atom is 0.490 e. The maximum atomic E-state index is 15.2. The molecule has 0 saturated carbocycles. The van der Waals surface area contributed by atoms with E-state index in [1.54, 1.807) is 11.9 Å². The van der Waals surface area contributed by atoms with Crippen LogP contribution >= 0.6 is 11.3 Å². The molecule has 1 aliphatic rings. The summed E-state index contributed by atoms with van der Waals surface area (Å²) in [6, 6.07) is 4.50. The van der Waals surface area contributed by atoms with E-state index in [2.05, 4.69) is 14.7 Å². The van der Waals surface area contributed by atoms with Crippen LogP contribution in [0, 0.1) is 18.6 Å². The molecule has 9 nitrogen and oxygen atoms in total. The highest BCUT2D eigenvalue weighted by molar-refractivity contribution is 7.92. The zero-order chi connectivity index (χ0) is 32.3. The fourth-order valence-corrected chi connectivity index (χ4v) is 5.92. The molecule has 1 unspecified atom stereocenters. The number of halogens is 8. The third kappa shape index (κ3) is 8.50. The summed E-state index contributed by atoms with van der Waals surface area (Å²) < 4.78 is 128. The number of carboxylic acids is 1. The molecule has 0 amide bonds. The average molecular weight is 662 g/mol. The summed E-state index contributed by atoms with van der Waals surface area (Å²) in [5.41, 5.74) is 0.816. The molecule has 1 atom stereocenters. The van der Waals surface area contributed by atoms with Gasteiger partial charge in [-0.05, 0) is 31.5 Å². The summed E-state index contributed by atoms with van der Waals surface area (Å²) in [6.07, 6.45) is -9.03. The van der Waals surface area contributed by atoms with Gasteiger partial charge in [0, 0.05) is 49.4 Å². The van der Waals surface area contributed by atoms with Gasteiger partial charge in [-0.1, -0.05) is 6.07 Å². The highest BCUT2D eigenvalue weighted by atomic mass is 32.2. The molecule has 43 heavy (non-hydrogen) atoms. The smallest absolute Gasteiger partial charge is 0.475 e. The summed E-state index contributed by atoms with van der Waals surface area (Å²) in [7, 11) is -2.92. The molecule has 0 radical (unpaired) electrons. The molecule has 2 N–H and O–H groups in total. The zero-order valence-corrected chi connectivity index (χ0v) is 23.8. The number of aliphatic carboxylic acids is 1. The van der Waals surface area contributed by atoms with Crippen molar-refractivity contribution in [3.8, 4) is 0 Å². The van der Waals surface area contributed by atoms with Gasteiger partial charge < -0.3 is 10.0 Å². The lowest BCUT2D eigenvalue weighted by atomic mass is 10.1. The highest BCUT2D eigenvalue weighted by Crippen LogP contribution is 2.33. The molecule has 19 heteroatoms. The van der Waals surface area contributed by atoms with Crippen LogP contribution < -0.4 is 9.62 Å². The molecular weight excluding hydrogens is 638 g/mol. The quantitative estimate of drug-likeness (QED) is 0.329. The number of anilines is 2. The number of carbonyl (C=O) groups is 1. The SMILES string of the molecule is Cc1c(N(C)C2CCN(Cc3cccc(C(F)(F)F)n3)C2)cc(F)c(S(=O)(=O)Nc2cscn2)c1F.O=C(O)C(F)(F)F. The van der Waals surface area contributed by atoms with Gasteiger partial charge in [-0.25, -0.2) is 32.0 Å². The monoisotopic (exact) mass is 661 g/mol. The van der Waals surface area contributed by atoms with Gasteiger partial charge in [-0.3, -0.25) is 9.62 Å². The third-order valence-corrected chi connectivity index (χ3v) is 8.21. The van der Waals surface area contributed by atoms with Crippen molar-refractivity contribution in [2.45, 2.75) is 43.2 Å². The molecule has 3 heterocycles. The Labute approximate surface area is 243 Å². The van der Waals surface area contributed by atoms with Gasteiger partial charge in [0.05, 0.1) is 11.2 Å². The van der Waals surface area contributed by atoms with E-state index in [0.29, 0.717) is 19.5 Å². The predicted octanol–water partition coefficient (Wildman–Crippen LogP) is 5.29. The van der Waals surface area contributed by atoms with Crippen LogP contribution in [0.1, 0.15) is 23.4 Å². The maximum absolute atomic E-state index is 15.2. The Hall–Kier alpha value is -3.58. The lowest BCUT2D eigenvalue weighted by Gasteiger charge is -2.29. The van der Waals surface area contributed by atoms with E-state index in [9.17, 15) is 39.2 Å². The van der Waals surface area contributed by atoms with Gasteiger partial charge in [-0.2, -0.15) is 26.3 Å². The van der Waals surface area contributed by atoms with Gasteiger partial charge in [0.15, 0.2) is 16.5 Å². The van der Waals surface area contributed by atoms with E-state index < -0.39 is 50.6 Å².